The van der Waals surface area contributed by atoms with E-state index in [1.54, 1.807) is 23.0 Å². The number of H-pyrrole nitrogens is 1. The molecule has 4 aromatic rings. The summed E-state index contributed by atoms with van der Waals surface area (Å²) in [6, 6.07) is 9.32. The molecule has 0 unspecified atom stereocenters. The maximum atomic E-state index is 13.0. The quantitative estimate of drug-likeness (QED) is 0.518. The fourth-order valence-electron chi connectivity index (χ4n) is 3.40. The van der Waals surface area contributed by atoms with E-state index in [1.807, 2.05) is 24.3 Å². The Morgan fingerprint density at radius 3 is 3.00 bits per heavy atom. The molecule has 0 saturated heterocycles. The van der Waals surface area contributed by atoms with E-state index in [2.05, 4.69) is 20.6 Å². The van der Waals surface area contributed by atoms with Crippen LogP contribution in [0.5, 0.6) is 0 Å². The van der Waals surface area contributed by atoms with Gasteiger partial charge in [0.2, 0.25) is 5.91 Å². The summed E-state index contributed by atoms with van der Waals surface area (Å²) in [5.74, 6) is -0.506. The van der Waals surface area contributed by atoms with Crippen LogP contribution in [0.1, 0.15) is 12.0 Å². The number of carbonyl (C=O) groups excluding carboxylic acids is 1. The van der Waals surface area contributed by atoms with Gasteiger partial charge in [0.1, 0.15) is 6.17 Å². The Labute approximate surface area is 152 Å². The highest BCUT2D eigenvalue weighted by molar-refractivity contribution is 5.97. The summed E-state index contributed by atoms with van der Waals surface area (Å²) in [7, 11) is 0. The van der Waals surface area contributed by atoms with Gasteiger partial charge in [-0.1, -0.05) is 6.07 Å². The molecule has 136 valence electrons. The molecule has 3 N–H and O–H groups in total. The molecular weight excluding hydrogens is 349 g/mol. The normalized spacial score (nSPS) is 18.9. The Balaban J connectivity index is 1.55. The monoisotopic (exact) mass is 365 g/mol. The lowest BCUT2D eigenvalue weighted by molar-refractivity contribution is -0.117. The van der Waals surface area contributed by atoms with Gasteiger partial charge < -0.3 is 10.4 Å². The number of pyridine rings is 1. The SMILES string of the molecule is O=C(Nc1cc2cc(-c3c(CO)ccc4[nH]ncc34)ccn2n1)[C@@H]1C[C@@H]1F. The van der Waals surface area contributed by atoms with Gasteiger partial charge in [0.15, 0.2) is 5.82 Å². The number of rotatable bonds is 4. The molecular formula is C19H16FN5O2. The third kappa shape index (κ3) is 2.65. The number of hydrogen-bond donors (Lipinski definition) is 3. The van der Waals surface area contributed by atoms with Crippen molar-refractivity contribution >= 4 is 28.1 Å². The molecule has 5 rings (SSSR count). The van der Waals surface area contributed by atoms with E-state index in [1.165, 1.54) is 0 Å². The molecule has 0 bridgehead atoms. The lowest BCUT2D eigenvalue weighted by atomic mass is 9.97. The number of aliphatic hydroxyl groups excluding tert-OH is 1. The zero-order valence-electron chi connectivity index (χ0n) is 14.2. The number of amides is 1. The molecule has 1 aromatic carbocycles. The first-order chi connectivity index (χ1) is 13.1. The number of hydrogen-bond acceptors (Lipinski definition) is 4. The van der Waals surface area contributed by atoms with E-state index < -0.39 is 12.1 Å². The molecule has 3 aromatic heterocycles. The van der Waals surface area contributed by atoms with E-state index >= 15 is 0 Å². The highest BCUT2D eigenvalue weighted by Gasteiger charge is 2.43. The van der Waals surface area contributed by atoms with Crippen LogP contribution in [-0.2, 0) is 11.4 Å². The van der Waals surface area contributed by atoms with Gasteiger partial charge in [0.05, 0.1) is 29.8 Å². The molecule has 0 aliphatic heterocycles. The second-order valence-electron chi connectivity index (χ2n) is 6.75. The van der Waals surface area contributed by atoms with Crippen LogP contribution in [-0.4, -0.2) is 37.0 Å². The van der Waals surface area contributed by atoms with E-state index in [9.17, 15) is 14.3 Å². The van der Waals surface area contributed by atoms with Crippen LogP contribution in [0.4, 0.5) is 10.2 Å². The molecule has 0 spiro atoms. The summed E-state index contributed by atoms with van der Waals surface area (Å²) in [5.41, 5.74) is 4.26. The first kappa shape index (κ1) is 16.0. The Morgan fingerprint density at radius 1 is 1.37 bits per heavy atom. The highest BCUT2D eigenvalue weighted by Crippen LogP contribution is 2.35. The smallest absolute Gasteiger partial charge is 0.231 e. The van der Waals surface area contributed by atoms with Crippen molar-refractivity contribution in [1.29, 1.82) is 0 Å². The van der Waals surface area contributed by atoms with Crippen molar-refractivity contribution in [3.05, 3.63) is 48.3 Å². The second kappa shape index (κ2) is 5.88. The van der Waals surface area contributed by atoms with Crippen molar-refractivity contribution < 1.29 is 14.3 Å². The topological polar surface area (TPSA) is 95.3 Å². The van der Waals surface area contributed by atoms with Crippen molar-refractivity contribution in [2.45, 2.75) is 19.2 Å². The van der Waals surface area contributed by atoms with E-state index in [-0.39, 0.29) is 18.9 Å². The molecule has 1 fully saturated rings. The van der Waals surface area contributed by atoms with Crippen molar-refractivity contribution in [3.63, 3.8) is 0 Å². The number of benzene rings is 1. The number of alkyl halides is 1. The molecule has 7 nitrogen and oxygen atoms in total. The minimum absolute atomic E-state index is 0.0893. The highest BCUT2D eigenvalue weighted by atomic mass is 19.1. The van der Waals surface area contributed by atoms with Crippen molar-refractivity contribution in [1.82, 2.24) is 19.8 Å². The summed E-state index contributed by atoms with van der Waals surface area (Å²) in [5, 5.41) is 24.7. The number of anilines is 1. The molecule has 8 heteroatoms. The molecule has 27 heavy (non-hydrogen) atoms. The predicted octanol–water partition coefficient (Wildman–Crippen LogP) is 2.67. The standard InChI is InChI=1S/C19H16FN5O2/c20-15-7-13(15)19(27)22-17-6-12-5-10(3-4-25(12)24-17)18-11(9-26)1-2-16-14(18)8-21-23-16/h1-6,8,13,15,26H,7,9H2,(H,21,23)(H,22,24,27)/t13-,15+/m1/s1. The maximum absolute atomic E-state index is 13.0. The molecule has 0 radical (unpaired) electrons. The van der Waals surface area contributed by atoms with Gasteiger partial charge >= 0.3 is 0 Å². The van der Waals surface area contributed by atoms with Crippen LogP contribution in [0, 0.1) is 5.92 Å². The second-order valence-corrected chi connectivity index (χ2v) is 6.75. The minimum atomic E-state index is -1.04. The Morgan fingerprint density at radius 2 is 2.22 bits per heavy atom. The molecule has 1 saturated carbocycles. The van der Waals surface area contributed by atoms with Gasteiger partial charge in [-0.25, -0.2) is 8.91 Å². The number of aromatic amines is 1. The Hall–Kier alpha value is -3.26. The van der Waals surface area contributed by atoms with Crippen molar-refractivity contribution in [2.24, 2.45) is 5.92 Å². The summed E-state index contributed by atoms with van der Waals surface area (Å²) >= 11 is 0. The first-order valence-corrected chi connectivity index (χ1v) is 8.64. The maximum Gasteiger partial charge on any atom is 0.231 e. The third-order valence-corrected chi connectivity index (χ3v) is 4.93. The number of aromatic nitrogens is 4. The summed E-state index contributed by atoms with van der Waals surface area (Å²) in [6.07, 6.45) is 2.76. The van der Waals surface area contributed by atoms with Gasteiger partial charge in [0, 0.05) is 17.6 Å². The fourth-order valence-corrected chi connectivity index (χ4v) is 3.40. The van der Waals surface area contributed by atoms with Gasteiger partial charge in [-0.3, -0.25) is 9.89 Å². The summed E-state index contributed by atoms with van der Waals surface area (Å²) in [4.78, 5) is 11.9. The van der Waals surface area contributed by atoms with Crippen LogP contribution in [0.15, 0.2) is 42.7 Å². The fraction of sp³-hybridized carbons (Fsp3) is 0.211. The van der Waals surface area contributed by atoms with E-state index in [4.69, 9.17) is 0 Å². The first-order valence-electron chi connectivity index (χ1n) is 8.64. The van der Waals surface area contributed by atoms with Crippen LogP contribution >= 0.6 is 0 Å². The van der Waals surface area contributed by atoms with E-state index in [0.29, 0.717) is 5.82 Å². The average Bonchev–Trinajstić information content (AvgIpc) is 3.07. The number of halogens is 1. The molecule has 3 heterocycles. The van der Waals surface area contributed by atoms with Crippen molar-refractivity contribution in [3.8, 4) is 11.1 Å². The number of aliphatic hydroxyl groups is 1. The molecule has 1 aliphatic rings. The average molecular weight is 365 g/mol. The van der Waals surface area contributed by atoms with Gasteiger partial charge in [0.25, 0.3) is 0 Å². The van der Waals surface area contributed by atoms with Gasteiger partial charge in [-0.2, -0.15) is 10.2 Å². The van der Waals surface area contributed by atoms with Crippen LogP contribution in [0.25, 0.3) is 27.5 Å². The molecule has 2 atom stereocenters. The van der Waals surface area contributed by atoms with E-state index in [0.717, 1.165) is 33.1 Å². The zero-order chi connectivity index (χ0) is 18.5. The predicted molar refractivity (Wildman–Crippen MR) is 97.8 cm³/mol. The largest absolute Gasteiger partial charge is 0.392 e. The number of carbonyl (C=O) groups is 1. The lowest BCUT2D eigenvalue weighted by Gasteiger charge is -2.09. The Kier molecular flexibility index (Phi) is 3.48. The number of nitrogens with one attached hydrogen (secondary N) is 2. The summed E-state index contributed by atoms with van der Waals surface area (Å²) in [6.45, 7) is -0.0893. The molecule has 1 aliphatic carbocycles. The zero-order valence-corrected chi connectivity index (χ0v) is 14.2. The van der Waals surface area contributed by atoms with Crippen LogP contribution in [0.3, 0.4) is 0 Å². The number of fused-ring (bicyclic) bond motifs is 2. The van der Waals surface area contributed by atoms with Gasteiger partial charge in [-0.15, -0.1) is 0 Å². The third-order valence-electron chi connectivity index (χ3n) is 4.93. The van der Waals surface area contributed by atoms with Crippen molar-refractivity contribution in [2.75, 3.05) is 5.32 Å². The van der Waals surface area contributed by atoms with Crippen LogP contribution < -0.4 is 5.32 Å². The minimum Gasteiger partial charge on any atom is -0.392 e. The lowest BCUT2D eigenvalue weighted by Crippen LogP contribution is -2.15. The molecule has 1 amide bonds. The Bertz CT molecular complexity index is 1180. The number of nitrogens with zero attached hydrogens (tertiary/aromatic N) is 3. The summed E-state index contributed by atoms with van der Waals surface area (Å²) < 4.78 is 14.7. The van der Waals surface area contributed by atoms with Gasteiger partial charge in [-0.05, 0) is 41.3 Å². The van der Waals surface area contributed by atoms with Crippen LogP contribution in [0.2, 0.25) is 0 Å².